The fourth-order valence-corrected chi connectivity index (χ4v) is 3.03. The molecule has 8 nitrogen and oxygen atoms in total. The fraction of sp³-hybridized carbons (Fsp3) is 0.217. The molecule has 3 N–H and O–H groups in total. The molecular weight excluding hydrogens is 394 g/mol. The Morgan fingerprint density at radius 1 is 1.03 bits per heavy atom. The number of aryl methyl sites for hydroxylation is 2. The largest absolute Gasteiger partial charge is 0.348 e. The molecule has 0 spiro atoms. The van der Waals surface area contributed by atoms with E-state index >= 15 is 0 Å². The second-order valence-electron chi connectivity index (χ2n) is 7.30. The number of hydrogen-bond acceptors (Lipinski definition) is 4. The summed E-state index contributed by atoms with van der Waals surface area (Å²) < 4.78 is 1.33. The van der Waals surface area contributed by atoms with Crippen LogP contribution in [0.25, 0.3) is 0 Å². The molecule has 3 rings (SSSR count). The Hall–Kier alpha value is -3.94. The van der Waals surface area contributed by atoms with E-state index in [1.165, 1.54) is 10.6 Å². The van der Waals surface area contributed by atoms with Crippen molar-refractivity contribution in [1.82, 2.24) is 14.9 Å². The van der Waals surface area contributed by atoms with E-state index in [1.807, 2.05) is 32.0 Å². The number of carbonyl (C=O) groups excluding carboxylic acids is 2. The SMILES string of the molecule is Cc1ccc(NC(=O)Nc2ccc(C)n(CC(=O)NC(C)c3cccnc3)c2=O)cc1. The van der Waals surface area contributed by atoms with Gasteiger partial charge in [0.25, 0.3) is 5.56 Å². The van der Waals surface area contributed by atoms with Gasteiger partial charge in [0.15, 0.2) is 0 Å². The van der Waals surface area contributed by atoms with Gasteiger partial charge in [-0.15, -0.1) is 0 Å². The maximum Gasteiger partial charge on any atom is 0.323 e. The van der Waals surface area contributed by atoms with Gasteiger partial charge in [-0.3, -0.25) is 14.6 Å². The molecule has 1 aromatic carbocycles. The first-order valence-corrected chi connectivity index (χ1v) is 9.88. The van der Waals surface area contributed by atoms with Crippen LogP contribution in [0.1, 0.15) is 29.8 Å². The molecule has 0 aliphatic carbocycles. The van der Waals surface area contributed by atoms with Crippen molar-refractivity contribution >= 4 is 23.3 Å². The number of amides is 3. The van der Waals surface area contributed by atoms with Crippen molar-refractivity contribution in [3.63, 3.8) is 0 Å². The number of carbonyl (C=O) groups is 2. The summed E-state index contributed by atoms with van der Waals surface area (Å²) in [5.41, 5.74) is 2.79. The molecule has 0 aliphatic rings. The highest BCUT2D eigenvalue weighted by Crippen LogP contribution is 2.11. The molecule has 31 heavy (non-hydrogen) atoms. The normalized spacial score (nSPS) is 11.5. The highest BCUT2D eigenvalue weighted by Gasteiger charge is 2.15. The second-order valence-corrected chi connectivity index (χ2v) is 7.30. The van der Waals surface area contributed by atoms with Crippen molar-refractivity contribution < 1.29 is 9.59 Å². The summed E-state index contributed by atoms with van der Waals surface area (Å²) in [6.45, 7) is 5.37. The molecule has 160 valence electrons. The molecule has 2 aromatic heterocycles. The third kappa shape index (κ3) is 5.79. The maximum atomic E-state index is 12.8. The average Bonchev–Trinajstić information content (AvgIpc) is 2.75. The second kappa shape index (κ2) is 9.71. The van der Waals surface area contributed by atoms with Crippen LogP contribution in [-0.2, 0) is 11.3 Å². The standard InChI is InChI=1S/C23H25N5O3/c1-15-6-9-19(10-7-15)26-23(31)27-20-11-8-16(2)28(22(20)30)14-21(29)25-17(3)18-5-4-12-24-13-18/h4-13,17H,14H2,1-3H3,(H,25,29)(H2,26,27,31). The van der Waals surface area contributed by atoms with Gasteiger partial charge in [-0.05, 0) is 56.7 Å². The molecule has 3 aromatic rings. The third-order valence-electron chi connectivity index (χ3n) is 4.81. The molecule has 3 amide bonds. The topological polar surface area (TPSA) is 105 Å². The minimum Gasteiger partial charge on any atom is -0.348 e. The summed E-state index contributed by atoms with van der Waals surface area (Å²) in [4.78, 5) is 41.7. The van der Waals surface area contributed by atoms with Crippen molar-refractivity contribution in [1.29, 1.82) is 0 Å². The van der Waals surface area contributed by atoms with E-state index in [4.69, 9.17) is 0 Å². The molecule has 0 radical (unpaired) electrons. The lowest BCUT2D eigenvalue weighted by Gasteiger charge is -2.16. The number of pyridine rings is 2. The lowest BCUT2D eigenvalue weighted by Crippen LogP contribution is -2.36. The average molecular weight is 419 g/mol. The number of urea groups is 1. The predicted octanol–water partition coefficient (Wildman–Crippen LogP) is 3.38. The van der Waals surface area contributed by atoms with Crippen LogP contribution in [0.15, 0.2) is 65.7 Å². The summed E-state index contributed by atoms with van der Waals surface area (Å²) in [5, 5.41) is 8.10. The molecule has 0 saturated heterocycles. The quantitative estimate of drug-likeness (QED) is 0.570. The Morgan fingerprint density at radius 2 is 1.77 bits per heavy atom. The van der Waals surface area contributed by atoms with Gasteiger partial charge in [0.2, 0.25) is 5.91 Å². The zero-order valence-corrected chi connectivity index (χ0v) is 17.7. The number of anilines is 2. The zero-order valence-electron chi connectivity index (χ0n) is 17.7. The molecule has 0 saturated carbocycles. The maximum absolute atomic E-state index is 12.8. The summed E-state index contributed by atoms with van der Waals surface area (Å²) in [6.07, 6.45) is 3.34. The van der Waals surface area contributed by atoms with E-state index in [1.54, 1.807) is 43.6 Å². The summed E-state index contributed by atoms with van der Waals surface area (Å²) in [6, 6.07) is 13.4. The van der Waals surface area contributed by atoms with E-state index in [0.29, 0.717) is 11.4 Å². The van der Waals surface area contributed by atoms with Crippen molar-refractivity contribution in [3.05, 3.63) is 88.1 Å². The minimum atomic E-state index is -0.536. The first kappa shape index (κ1) is 21.8. The van der Waals surface area contributed by atoms with Crippen LogP contribution >= 0.6 is 0 Å². The van der Waals surface area contributed by atoms with E-state index in [9.17, 15) is 14.4 Å². The fourth-order valence-electron chi connectivity index (χ4n) is 3.03. The first-order valence-electron chi connectivity index (χ1n) is 9.88. The van der Waals surface area contributed by atoms with Crippen LogP contribution in [0.3, 0.4) is 0 Å². The van der Waals surface area contributed by atoms with E-state index in [0.717, 1.165) is 11.1 Å². The van der Waals surface area contributed by atoms with Crippen molar-refractivity contribution in [2.45, 2.75) is 33.4 Å². The Labute approximate surface area is 180 Å². The molecule has 8 heteroatoms. The van der Waals surface area contributed by atoms with Gasteiger partial charge in [-0.1, -0.05) is 23.8 Å². The number of nitrogens with zero attached hydrogens (tertiary/aromatic N) is 2. The smallest absolute Gasteiger partial charge is 0.323 e. The highest BCUT2D eigenvalue weighted by atomic mass is 16.2. The Balaban J connectivity index is 1.68. The zero-order chi connectivity index (χ0) is 22.4. The van der Waals surface area contributed by atoms with Crippen LogP contribution < -0.4 is 21.5 Å². The van der Waals surface area contributed by atoms with Gasteiger partial charge in [0, 0.05) is 23.8 Å². The van der Waals surface area contributed by atoms with Crippen LogP contribution in [0, 0.1) is 13.8 Å². The molecule has 1 atom stereocenters. The van der Waals surface area contributed by atoms with Gasteiger partial charge in [-0.2, -0.15) is 0 Å². The molecule has 0 bridgehead atoms. The molecule has 0 aliphatic heterocycles. The molecule has 2 heterocycles. The van der Waals surface area contributed by atoms with Crippen molar-refractivity contribution in [2.24, 2.45) is 0 Å². The Morgan fingerprint density at radius 3 is 2.45 bits per heavy atom. The number of rotatable bonds is 6. The summed E-state index contributed by atoms with van der Waals surface area (Å²) >= 11 is 0. The summed E-state index contributed by atoms with van der Waals surface area (Å²) in [7, 11) is 0. The Kier molecular flexibility index (Phi) is 6.81. The van der Waals surface area contributed by atoms with E-state index in [2.05, 4.69) is 20.9 Å². The lowest BCUT2D eigenvalue weighted by atomic mass is 10.1. The summed E-state index contributed by atoms with van der Waals surface area (Å²) in [5.74, 6) is -0.317. The van der Waals surface area contributed by atoms with Crippen molar-refractivity contribution in [3.8, 4) is 0 Å². The monoisotopic (exact) mass is 419 g/mol. The van der Waals surface area contributed by atoms with Crippen LogP contribution in [0.5, 0.6) is 0 Å². The van der Waals surface area contributed by atoms with Crippen LogP contribution in [-0.4, -0.2) is 21.5 Å². The Bertz CT molecular complexity index is 1120. The molecule has 0 fully saturated rings. The van der Waals surface area contributed by atoms with Crippen molar-refractivity contribution in [2.75, 3.05) is 10.6 Å². The predicted molar refractivity (Wildman–Crippen MR) is 120 cm³/mol. The number of aromatic nitrogens is 2. The van der Waals surface area contributed by atoms with Crippen LogP contribution in [0.4, 0.5) is 16.2 Å². The first-order chi connectivity index (χ1) is 14.8. The lowest BCUT2D eigenvalue weighted by molar-refractivity contribution is -0.122. The van der Waals surface area contributed by atoms with E-state index in [-0.39, 0.29) is 24.2 Å². The van der Waals surface area contributed by atoms with Gasteiger partial charge in [-0.25, -0.2) is 4.79 Å². The molecule has 1 unspecified atom stereocenters. The molecular formula is C23H25N5O3. The van der Waals surface area contributed by atoms with Gasteiger partial charge < -0.3 is 20.5 Å². The highest BCUT2D eigenvalue weighted by molar-refractivity contribution is 5.99. The minimum absolute atomic E-state index is 0.0864. The number of nitrogens with one attached hydrogen (secondary N) is 3. The van der Waals surface area contributed by atoms with Crippen LogP contribution in [0.2, 0.25) is 0 Å². The third-order valence-corrected chi connectivity index (χ3v) is 4.81. The number of hydrogen-bond donors (Lipinski definition) is 3. The van der Waals surface area contributed by atoms with Gasteiger partial charge in [0.05, 0.1) is 6.04 Å². The van der Waals surface area contributed by atoms with Gasteiger partial charge >= 0.3 is 6.03 Å². The number of benzene rings is 1. The van der Waals surface area contributed by atoms with E-state index < -0.39 is 11.6 Å². The van der Waals surface area contributed by atoms with Gasteiger partial charge in [0.1, 0.15) is 12.2 Å².